The van der Waals surface area contributed by atoms with Crippen LogP contribution in [0, 0.1) is 0 Å². The molecular weight excluding hydrogens is 431 g/mol. The van der Waals surface area contributed by atoms with Gasteiger partial charge in [0.05, 0.1) is 6.54 Å². The van der Waals surface area contributed by atoms with Crippen LogP contribution in [-0.4, -0.2) is 24.5 Å². The van der Waals surface area contributed by atoms with Crippen molar-refractivity contribution in [3.8, 4) is 0 Å². The van der Waals surface area contributed by atoms with E-state index in [0.717, 1.165) is 31.9 Å². The lowest BCUT2D eigenvalue weighted by molar-refractivity contribution is 0.746. The zero-order valence-electron chi connectivity index (χ0n) is 13.7. The van der Waals surface area contributed by atoms with Crippen LogP contribution in [0.4, 0.5) is 0 Å². The molecular formula is C18H23IN4S. The highest BCUT2D eigenvalue weighted by atomic mass is 127. The molecule has 0 aliphatic carbocycles. The summed E-state index contributed by atoms with van der Waals surface area (Å²) in [6.45, 7) is 1.73. The highest BCUT2D eigenvalue weighted by Crippen LogP contribution is 2.18. The maximum Gasteiger partial charge on any atom is 0.191 e. The quantitative estimate of drug-likeness (QED) is 0.227. The molecule has 24 heavy (non-hydrogen) atoms. The van der Waals surface area contributed by atoms with Crippen LogP contribution in [0.3, 0.4) is 0 Å². The molecule has 0 fully saturated rings. The lowest BCUT2D eigenvalue weighted by atomic mass is 10.1. The third kappa shape index (κ3) is 4.98. The fraction of sp³-hybridized carbons (Fsp3) is 0.278. The normalized spacial score (nSPS) is 11.3. The molecule has 6 heteroatoms. The molecule has 2 heterocycles. The molecule has 0 saturated carbocycles. The number of para-hydroxylation sites is 1. The molecule has 0 bridgehead atoms. The number of halogens is 1. The van der Waals surface area contributed by atoms with E-state index in [2.05, 4.69) is 68.6 Å². The van der Waals surface area contributed by atoms with E-state index in [-0.39, 0.29) is 24.0 Å². The Hall–Kier alpha value is -1.54. The minimum atomic E-state index is 0. The van der Waals surface area contributed by atoms with Crippen LogP contribution in [0.15, 0.2) is 53.0 Å². The first-order valence-corrected chi connectivity index (χ1v) is 8.76. The molecule has 3 N–H and O–H groups in total. The van der Waals surface area contributed by atoms with E-state index in [0.29, 0.717) is 0 Å². The van der Waals surface area contributed by atoms with Crippen molar-refractivity contribution < 1.29 is 0 Å². The average molecular weight is 454 g/mol. The van der Waals surface area contributed by atoms with Crippen molar-refractivity contribution in [2.75, 3.05) is 13.6 Å². The highest BCUT2D eigenvalue weighted by molar-refractivity contribution is 14.0. The molecule has 0 spiro atoms. The number of fused-ring (bicyclic) bond motifs is 1. The molecule has 0 saturated heterocycles. The smallest absolute Gasteiger partial charge is 0.191 e. The summed E-state index contributed by atoms with van der Waals surface area (Å²) in [4.78, 5) is 8.91. The van der Waals surface area contributed by atoms with Gasteiger partial charge in [0.25, 0.3) is 0 Å². The number of guanidine groups is 1. The second-order valence-electron chi connectivity index (χ2n) is 5.39. The van der Waals surface area contributed by atoms with Gasteiger partial charge in [-0.25, -0.2) is 0 Å². The number of nitrogens with one attached hydrogen (secondary N) is 3. The molecule has 4 nitrogen and oxygen atoms in total. The van der Waals surface area contributed by atoms with Crippen molar-refractivity contribution in [1.82, 2.24) is 15.6 Å². The fourth-order valence-corrected chi connectivity index (χ4v) is 3.27. The summed E-state index contributed by atoms with van der Waals surface area (Å²) >= 11 is 1.75. The summed E-state index contributed by atoms with van der Waals surface area (Å²) in [5.41, 5.74) is 2.59. The summed E-state index contributed by atoms with van der Waals surface area (Å²) in [7, 11) is 1.81. The van der Waals surface area contributed by atoms with E-state index in [4.69, 9.17) is 0 Å². The summed E-state index contributed by atoms with van der Waals surface area (Å²) in [5.74, 6) is 0.859. The van der Waals surface area contributed by atoms with Crippen molar-refractivity contribution in [2.24, 2.45) is 4.99 Å². The Morgan fingerprint density at radius 3 is 2.83 bits per heavy atom. The van der Waals surface area contributed by atoms with E-state index in [1.54, 1.807) is 11.3 Å². The van der Waals surface area contributed by atoms with Gasteiger partial charge in [0, 0.05) is 35.6 Å². The van der Waals surface area contributed by atoms with Gasteiger partial charge in [0.2, 0.25) is 0 Å². The Bertz CT molecular complexity index is 764. The second-order valence-corrected chi connectivity index (χ2v) is 6.43. The lowest BCUT2D eigenvalue weighted by Crippen LogP contribution is -2.37. The first-order chi connectivity index (χ1) is 11.4. The van der Waals surface area contributed by atoms with E-state index in [1.807, 2.05) is 7.05 Å². The molecule has 0 aliphatic heterocycles. The zero-order chi connectivity index (χ0) is 15.9. The number of aryl methyl sites for hydroxylation is 1. The predicted octanol–water partition coefficient (Wildman–Crippen LogP) is 4.15. The number of thiophene rings is 1. The molecule has 1 aromatic carbocycles. The molecule has 3 rings (SSSR count). The van der Waals surface area contributed by atoms with Gasteiger partial charge in [-0.05, 0) is 35.9 Å². The van der Waals surface area contributed by atoms with E-state index < -0.39 is 0 Å². The van der Waals surface area contributed by atoms with Crippen LogP contribution < -0.4 is 10.6 Å². The number of aromatic amines is 1. The lowest BCUT2D eigenvalue weighted by Gasteiger charge is -2.11. The van der Waals surface area contributed by atoms with Crippen LogP contribution >= 0.6 is 35.3 Å². The summed E-state index contributed by atoms with van der Waals surface area (Å²) < 4.78 is 0. The monoisotopic (exact) mass is 454 g/mol. The largest absolute Gasteiger partial charge is 0.361 e. The number of aromatic nitrogens is 1. The molecule has 0 radical (unpaired) electrons. The fourth-order valence-electron chi connectivity index (χ4n) is 2.63. The molecule has 3 aromatic rings. The van der Waals surface area contributed by atoms with Crippen molar-refractivity contribution in [3.63, 3.8) is 0 Å². The average Bonchev–Trinajstić information content (AvgIpc) is 3.24. The molecule has 0 atom stereocenters. The minimum absolute atomic E-state index is 0. The number of hydrogen-bond acceptors (Lipinski definition) is 2. The van der Waals surface area contributed by atoms with Crippen LogP contribution in [0.2, 0.25) is 0 Å². The topological polar surface area (TPSA) is 52.2 Å². The van der Waals surface area contributed by atoms with Crippen LogP contribution in [-0.2, 0) is 13.0 Å². The maximum atomic E-state index is 4.26. The summed E-state index contributed by atoms with van der Waals surface area (Å²) in [6, 6.07) is 12.6. The molecule has 0 amide bonds. The van der Waals surface area contributed by atoms with Crippen molar-refractivity contribution in [1.29, 1.82) is 0 Å². The van der Waals surface area contributed by atoms with E-state index in [9.17, 15) is 0 Å². The van der Waals surface area contributed by atoms with Gasteiger partial charge in [-0.2, -0.15) is 0 Å². The summed E-state index contributed by atoms with van der Waals surface area (Å²) in [5, 5.41) is 10.1. The second kappa shape index (κ2) is 9.68. The van der Waals surface area contributed by atoms with Crippen LogP contribution in [0.5, 0.6) is 0 Å². The van der Waals surface area contributed by atoms with Gasteiger partial charge in [-0.1, -0.05) is 24.3 Å². The number of benzene rings is 1. The van der Waals surface area contributed by atoms with Gasteiger partial charge in [0.1, 0.15) is 0 Å². The predicted molar refractivity (Wildman–Crippen MR) is 115 cm³/mol. The minimum Gasteiger partial charge on any atom is -0.361 e. The molecule has 128 valence electrons. The first-order valence-electron chi connectivity index (χ1n) is 7.88. The van der Waals surface area contributed by atoms with Crippen LogP contribution in [0.25, 0.3) is 10.9 Å². The first kappa shape index (κ1) is 18.8. The van der Waals surface area contributed by atoms with Crippen molar-refractivity contribution >= 4 is 52.2 Å². The number of nitrogens with zero attached hydrogens (tertiary/aromatic N) is 1. The number of hydrogen-bond donors (Lipinski definition) is 3. The molecule has 0 unspecified atom stereocenters. The Morgan fingerprint density at radius 1 is 1.17 bits per heavy atom. The Balaban J connectivity index is 0.00000208. The van der Waals surface area contributed by atoms with Crippen molar-refractivity contribution in [2.45, 2.75) is 19.4 Å². The Labute approximate surface area is 163 Å². The highest BCUT2D eigenvalue weighted by Gasteiger charge is 2.03. The van der Waals surface area contributed by atoms with Crippen molar-refractivity contribution in [3.05, 3.63) is 58.4 Å². The van der Waals surface area contributed by atoms with Gasteiger partial charge < -0.3 is 15.6 Å². The third-order valence-corrected chi connectivity index (χ3v) is 4.70. The van der Waals surface area contributed by atoms with Gasteiger partial charge in [-0.15, -0.1) is 35.3 Å². The molecule has 0 aliphatic rings. The Kier molecular flexibility index (Phi) is 7.58. The van der Waals surface area contributed by atoms with Gasteiger partial charge in [-0.3, -0.25) is 4.99 Å². The Morgan fingerprint density at radius 2 is 2.04 bits per heavy atom. The standard InChI is InChI=1S/C18H22N4S.HI/c1-19-18(22-13-15-7-5-11-23-15)20-10-4-6-14-12-21-17-9-3-2-8-16(14)17;/h2-3,5,7-9,11-12,21H,4,6,10,13H2,1H3,(H2,19,20,22);1H. The van der Waals surface area contributed by atoms with E-state index in [1.165, 1.54) is 21.3 Å². The zero-order valence-corrected chi connectivity index (χ0v) is 16.9. The van der Waals surface area contributed by atoms with E-state index >= 15 is 0 Å². The maximum absolute atomic E-state index is 4.26. The number of H-pyrrole nitrogens is 1. The summed E-state index contributed by atoms with van der Waals surface area (Å²) in [6.07, 6.45) is 4.25. The van der Waals surface area contributed by atoms with Gasteiger partial charge >= 0.3 is 0 Å². The SMILES string of the molecule is CN=C(NCCCc1c[nH]c2ccccc12)NCc1cccs1.I. The number of rotatable bonds is 6. The van der Waals surface area contributed by atoms with Crippen LogP contribution in [0.1, 0.15) is 16.9 Å². The molecule has 2 aromatic heterocycles. The number of aliphatic imine (C=N–C) groups is 1. The third-order valence-electron chi connectivity index (χ3n) is 3.82. The van der Waals surface area contributed by atoms with Gasteiger partial charge in [0.15, 0.2) is 5.96 Å².